The van der Waals surface area contributed by atoms with Crippen LogP contribution in [0.3, 0.4) is 0 Å². The van der Waals surface area contributed by atoms with E-state index in [1.807, 2.05) is 30.3 Å². The maximum Gasteiger partial charge on any atom is 0.151 e. The van der Waals surface area contributed by atoms with E-state index in [1.165, 1.54) is 0 Å². The van der Waals surface area contributed by atoms with Crippen LogP contribution in [0.2, 0.25) is 0 Å². The van der Waals surface area contributed by atoms with Crippen LogP contribution >= 0.6 is 11.6 Å². The summed E-state index contributed by atoms with van der Waals surface area (Å²) in [5.41, 5.74) is 1.78. The number of hydrogen-bond donors (Lipinski definition) is 1. The van der Waals surface area contributed by atoms with Crippen LogP contribution in [0.4, 0.5) is 0 Å². The summed E-state index contributed by atoms with van der Waals surface area (Å²) in [6, 6.07) is 13.1. The van der Waals surface area contributed by atoms with Gasteiger partial charge in [0.15, 0.2) is 5.76 Å². The quantitative estimate of drug-likeness (QED) is 0.746. The van der Waals surface area contributed by atoms with E-state index < -0.39 is 6.10 Å². The number of benzene rings is 1. The van der Waals surface area contributed by atoms with Crippen LogP contribution in [0.25, 0.3) is 10.9 Å². The highest BCUT2D eigenvalue weighted by atomic mass is 35.5. The SMILES string of the molecule is OC(c1cc(CCl)on1)c1ccc2ccccc2n1. The van der Waals surface area contributed by atoms with Crippen molar-refractivity contribution in [2.24, 2.45) is 0 Å². The fraction of sp³-hybridized carbons (Fsp3) is 0.143. The summed E-state index contributed by atoms with van der Waals surface area (Å²) < 4.78 is 4.97. The highest BCUT2D eigenvalue weighted by molar-refractivity contribution is 6.16. The first-order chi connectivity index (χ1) is 9.28. The van der Waals surface area contributed by atoms with Crippen molar-refractivity contribution in [2.75, 3.05) is 0 Å². The van der Waals surface area contributed by atoms with E-state index in [0.29, 0.717) is 17.1 Å². The topological polar surface area (TPSA) is 59.2 Å². The van der Waals surface area contributed by atoms with Crippen molar-refractivity contribution < 1.29 is 9.63 Å². The molecule has 1 aromatic carbocycles. The number of aliphatic hydroxyl groups is 1. The van der Waals surface area contributed by atoms with Crippen LogP contribution in [-0.2, 0) is 5.88 Å². The molecule has 1 unspecified atom stereocenters. The number of para-hydroxylation sites is 1. The molecule has 2 aromatic heterocycles. The summed E-state index contributed by atoms with van der Waals surface area (Å²) in [6.45, 7) is 0. The molecule has 0 aliphatic rings. The first-order valence-corrected chi connectivity index (χ1v) is 6.36. The molecule has 3 aromatic rings. The van der Waals surface area contributed by atoms with Crippen molar-refractivity contribution in [3.8, 4) is 0 Å². The number of nitrogens with zero attached hydrogens (tertiary/aromatic N) is 2. The Kier molecular flexibility index (Phi) is 3.19. The third kappa shape index (κ3) is 2.32. The van der Waals surface area contributed by atoms with E-state index in [-0.39, 0.29) is 5.88 Å². The minimum absolute atomic E-state index is 0.227. The second kappa shape index (κ2) is 4.99. The third-order valence-corrected chi connectivity index (χ3v) is 3.15. The van der Waals surface area contributed by atoms with Gasteiger partial charge in [-0.2, -0.15) is 0 Å². The summed E-state index contributed by atoms with van der Waals surface area (Å²) in [6.07, 6.45) is -0.912. The molecule has 0 fully saturated rings. The molecular formula is C14H11ClN2O2. The maximum absolute atomic E-state index is 10.2. The van der Waals surface area contributed by atoms with E-state index >= 15 is 0 Å². The lowest BCUT2D eigenvalue weighted by Crippen LogP contribution is -2.02. The lowest BCUT2D eigenvalue weighted by Gasteiger charge is -2.07. The fourth-order valence-corrected chi connectivity index (χ4v) is 2.03. The second-order valence-electron chi connectivity index (χ2n) is 4.18. The number of rotatable bonds is 3. The zero-order chi connectivity index (χ0) is 13.2. The summed E-state index contributed by atoms with van der Waals surface area (Å²) in [5.74, 6) is 0.752. The van der Waals surface area contributed by atoms with Gasteiger partial charge in [0.1, 0.15) is 11.8 Å². The minimum Gasteiger partial charge on any atom is -0.380 e. The summed E-state index contributed by atoms with van der Waals surface area (Å²) >= 11 is 5.64. The highest BCUT2D eigenvalue weighted by Gasteiger charge is 2.17. The Morgan fingerprint density at radius 1 is 1.16 bits per heavy atom. The van der Waals surface area contributed by atoms with E-state index in [9.17, 15) is 5.11 Å². The van der Waals surface area contributed by atoms with Crippen LogP contribution in [0.5, 0.6) is 0 Å². The Morgan fingerprint density at radius 3 is 2.79 bits per heavy atom. The lowest BCUT2D eigenvalue weighted by atomic mass is 10.1. The zero-order valence-corrected chi connectivity index (χ0v) is 10.7. The van der Waals surface area contributed by atoms with Gasteiger partial charge in [-0.05, 0) is 12.1 Å². The predicted molar refractivity (Wildman–Crippen MR) is 71.9 cm³/mol. The van der Waals surface area contributed by atoms with E-state index in [0.717, 1.165) is 10.9 Å². The zero-order valence-electron chi connectivity index (χ0n) is 9.95. The molecule has 1 atom stereocenters. The van der Waals surface area contributed by atoms with Gasteiger partial charge >= 0.3 is 0 Å². The molecule has 1 N–H and O–H groups in total. The van der Waals surface area contributed by atoms with Gasteiger partial charge in [-0.15, -0.1) is 11.6 Å². The molecule has 3 rings (SSSR count). The van der Waals surface area contributed by atoms with Crippen molar-refractivity contribution in [1.82, 2.24) is 10.1 Å². The monoisotopic (exact) mass is 274 g/mol. The molecule has 0 aliphatic heterocycles. The van der Waals surface area contributed by atoms with Crippen LogP contribution in [0, 0.1) is 0 Å². The number of aliphatic hydroxyl groups excluding tert-OH is 1. The molecule has 0 spiro atoms. The van der Waals surface area contributed by atoms with Crippen molar-refractivity contribution in [3.63, 3.8) is 0 Å². The van der Waals surface area contributed by atoms with Gasteiger partial charge in [-0.3, -0.25) is 0 Å². The Hall–Kier alpha value is -1.91. The summed E-state index contributed by atoms with van der Waals surface area (Å²) in [4.78, 5) is 4.42. The van der Waals surface area contributed by atoms with Gasteiger partial charge in [0.05, 0.1) is 17.1 Å². The van der Waals surface area contributed by atoms with Crippen molar-refractivity contribution in [3.05, 3.63) is 59.6 Å². The molecule has 0 saturated heterocycles. The molecule has 4 nitrogen and oxygen atoms in total. The Balaban J connectivity index is 1.98. The number of aromatic nitrogens is 2. The molecule has 5 heteroatoms. The van der Waals surface area contributed by atoms with Gasteiger partial charge < -0.3 is 9.63 Å². The average molecular weight is 275 g/mol. The first-order valence-electron chi connectivity index (χ1n) is 5.83. The number of alkyl halides is 1. The lowest BCUT2D eigenvalue weighted by molar-refractivity contribution is 0.203. The molecule has 0 radical (unpaired) electrons. The minimum atomic E-state index is -0.912. The van der Waals surface area contributed by atoms with Crippen molar-refractivity contribution in [1.29, 1.82) is 0 Å². The average Bonchev–Trinajstić information content (AvgIpc) is 2.95. The molecule has 96 valence electrons. The van der Waals surface area contributed by atoms with Crippen LogP contribution < -0.4 is 0 Å². The van der Waals surface area contributed by atoms with Gasteiger partial charge in [0.2, 0.25) is 0 Å². The number of fused-ring (bicyclic) bond motifs is 1. The standard InChI is InChI=1S/C14H11ClN2O2/c15-8-10-7-13(17-19-10)14(18)12-6-5-9-3-1-2-4-11(9)16-12/h1-7,14,18H,8H2. The Morgan fingerprint density at radius 2 is 2.00 bits per heavy atom. The Labute approximate surface area is 114 Å². The predicted octanol–water partition coefficient (Wildman–Crippen LogP) is 3.04. The van der Waals surface area contributed by atoms with Gasteiger partial charge in [-0.1, -0.05) is 29.4 Å². The molecule has 19 heavy (non-hydrogen) atoms. The fourth-order valence-electron chi connectivity index (χ4n) is 1.91. The first kappa shape index (κ1) is 12.1. The number of pyridine rings is 1. The molecule has 0 aliphatic carbocycles. The molecule has 0 amide bonds. The second-order valence-corrected chi connectivity index (χ2v) is 4.45. The third-order valence-electron chi connectivity index (χ3n) is 2.89. The molecular weight excluding hydrogens is 264 g/mol. The highest BCUT2D eigenvalue weighted by Crippen LogP contribution is 2.22. The van der Waals surface area contributed by atoms with Crippen molar-refractivity contribution >= 4 is 22.5 Å². The van der Waals surface area contributed by atoms with E-state index in [1.54, 1.807) is 12.1 Å². The Bertz CT molecular complexity index is 711. The van der Waals surface area contributed by atoms with Gasteiger partial charge in [0, 0.05) is 11.5 Å². The van der Waals surface area contributed by atoms with Gasteiger partial charge in [-0.25, -0.2) is 4.98 Å². The van der Waals surface area contributed by atoms with E-state index in [4.69, 9.17) is 16.1 Å². The van der Waals surface area contributed by atoms with Crippen molar-refractivity contribution in [2.45, 2.75) is 12.0 Å². The van der Waals surface area contributed by atoms with Crippen LogP contribution in [0.15, 0.2) is 47.0 Å². The summed E-state index contributed by atoms with van der Waals surface area (Å²) in [5, 5.41) is 15.1. The molecule has 0 bridgehead atoms. The summed E-state index contributed by atoms with van der Waals surface area (Å²) in [7, 11) is 0. The molecule has 2 heterocycles. The van der Waals surface area contributed by atoms with Crippen LogP contribution in [-0.4, -0.2) is 15.2 Å². The van der Waals surface area contributed by atoms with Gasteiger partial charge in [0.25, 0.3) is 0 Å². The smallest absolute Gasteiger partial charge is 0.151 e. The normalized spacial score (nSPS) is 12.7. The number of hydrogen-bond acceptors (Lipinski definition) is 4. The maximum atomic E-state index is 10.2. The molecule has 0 saturated carbocycles. The van der Waals surface area contributed by atoms with Crippen LogP contribution in [0.1, 0.15) is 23.3 Å². The number of halogens is 1. The largest absolute Gasteiger partial charge is 0.380 e. The van der Waals surface area contributed by atoms with E-state index in [2.05, 4.69) is 10.1 Å².